The molecule has 11 nitrogen and oxygen atoms in total. The third kappa shape index (κ3) is 4.88. The van der Waals surface area contributed by atoms with Crippen LogP contribution in [0.4, 0.5) is 25.1 Å². The first-order valence-corrected chi connectivity index (χ1v) is 10.1. The van der Waals surface area contributed by atoms with Gasteiger partial charge in [-0.3, -0.25) is 4.79 Å². The first-order valence-electron chi connectivity index (χ1n) is 10.1. The normalized spacial score (nSPS) is 11.6. The van der Waals surface area contributed by atoms with Gasteiger partial charge in [0.15, 0.2) is 17.5 Å². The molecule has 2 heterocycles. The quantitative estimate of drug-likeness (QED) is 0.328. The van der Waals surface area contributed by atoms with Crippen molar-refractivity contribution in [3.05, 3.63) is 66.4 Å². The van der Waals surface area contributed by atoms with Gasteiger partial charge in [-0.1, -0.05) is 18.2 Å². The number of nitrogens with two attached hydrogens (primary N) is 1. The van der Waals surface area contributed by atoms with Crippen LogP contribution in [0.1, 0.15) is 6.92 Å². The Balaban J connectivity index is 1.67. The Morgan fingerprint density at radius 2 is 1.89 bits per heavy atom. The van der Waals surface area contributed by atoms with E-state index in [2.05, 4.69) is 31.1 Å². The van der Waals surface area contributed by atoms with Crippen molar-refractivity contribution in [2.45, 2.75) is 13.0 Å². The molecular weight excluding hydrogens is 462 g/mol. The lowest BCUT2D eigenvalue weighted by Gasteiger charge is -2.12. The van der Waals surface area contributed by atoms with E-state index in [1.165, 1.54) is 25.3 Å². The molecule has 2 amide bonds. The molecule has 0 spiro atoms. The van der Waals surface area contributed by atoms with Crippen LogP contribution in [0.25, 0.3) is 28.2 Å². The topological polar surface area (TPSA) is 161 Å². The van der Waals surface area contributed by atoms with Gasteiger partial charge in [0.1, 0.15) is 17.5 Å². The van der Waals surface area contributed by atoms with E-state index in [-0.39, 0.29) is 22.9 Å². The largest absolute Gasteiger partial charge is 0.480 e. The molecule has 0 radical (unpaired) electrons. The van der Waals surface area contributed by atoms with Gasteiger partial charge in [0.25, 0.3) is 0 Å². The average molecular weight is 480 g/mol. The Bertz CT molecular complexity index is 1430. The number of hydrogen-bond donors (Lipinski definition) is 4. The second-order valence-corrected chi connectivity index (χ2v) is 7.38. The summed E-state index contributed by atoms with van der Waals surface area (Å²) in [6.45, 7) is 1.34. The number of nitrogens with one attached hydrogen (secondary N) is 2. The Labute approximate surface area is 196 Å². The number of carboxylic acids is 1. The molecule has 0 aliphatic heterocycles. The number of nitrogens with zero attached hydrogens (tertiary/aromatic N) is 5. The molecule has 2 aromatic heterocycles. The van der Waals surface area contributed by atoms with Crippen molar-refractivity contribution in [2.24, 2.45) is 0 Å². The molecule has 0 bridgehead atoms. The lowest BCUT2D eigenvalue weighted by atomic mass is 10.0. The number of anilines is 2. The predicted octanol–water partition coefficient (Wildman–Crippen LogP) is 2.85. The summed E-state index contributed by atoms with van der Waals surface area (Å²) in [7, 11) is 0. The molecule has 5 N–H and O–H groups in total. The number of tetrazole rings is 1. The van der Waals surface area contributed by atoms with Crippen molar-refractivity contribution < 1.29 is 23.5 Å². The van der Waals surface area contributed by atoms with Gasteiger partial charge in [0.2, 0.25) is 0 Å². The van der Waals surface area contributed by atoms with Crippen molar-refractivity contribution >= 4 is 23.5 Å². The predicted molar refractivity (Wildman–Crippen MR) is 121 cm³/mol. The SMILES string of the molecule is CC(NC(=O)Nc1cccc(-c2cnc(N)c(-c3nnnn3-c3cccc(F)c3F)c2)c1)C(=O)O. The zero-order valence-corrected chi connectivity index (χ0v) is 18.1. The standard InChI is InChI=1S/C22H18F2N8O3/c1-11(21(33)34)27-22(35)28-14-5-2-4-12(8-14)13-9-15(19(25)26-10-13)20-29-30-31-32(20)17-7-3-6-16(23)18(17)24/h2-11H,1H3,(H2,25,26)(H,33,34)(H2,27,28,35). The first-order chi connectivity index (χ1) is 16.7. The summed E-state index contributed by atoms with van der Waals surface area (Å²) in [4.78, 5) is 27.1. The number of aliphatic carboxylic acids is 1. The van der Waals surface area contributed by atoms with Crippen LogP contribution in [0.3, 0.4) is 0 Å². The van der Waals surface area contributed by atoms with Crippen LogP contribution in [0.15, 0.2) is 54.7 Å². The molecule has 0 fully saturated rings. The lowest BCUT2D eigenvalue weighted by molar-refractivity contribution is -0.138. The van der Waals surface area contributed by atoms with E-state index in [1.807, 2.05) is 0 Å². The number of carboxylic acid groups (broad SMARTS) is 1. The second kappa shape index (κ2) is 9.51. The van der Waals surface area contributed by atoms with E-state index in [4.69, 9.17) is 10.8 Å². The van der Waals surface area contributed by atoms with Gasteiger partial charge in [-0.2, -0.15) is 4.68 Å². The first kappa shape index (κ1) is 23.2. The van der Waals surface area contributed by atoms with Crippen LogP contribution < -0.4 is 16.4 Å². The number of carbonyl (C=O) groups is 2. The molecule has 0 saturated heterocycles. The zero-order chi connectivity index (χ0) is 25.1. The van der Waals surface area contributed by atoms with Gasteiger partial charge < -0.3 is 21.5 Å². The summed E-state index contributed by atoms with van der Waals surface area (Å²) >= 11 is 0. The number of halogens is 2. The second-order valence-electron chi connectivity index (χ2n) is 7.38. The van der Waals surface area contributed by atoms with Gasteiger partial charge >= 0.3 is 12.0 Å². The highest BCUT2D eigenvalue weighted by Gasteiger charge is 2.20. The van der Waals surface area contributed by atoms with E-state index in [0.717, 1.165) is 10.7 Å². The van der Waals surface area contributed by atoms with Crippen molar-refractivity contribution in [1.29, 1.82) is 0 Å². The Morgan fingerprint density at radius 1 is 1.11 bits per heavy atom. The fraction of sp³-hybridized carbons (Fsp3) is 0.0909. The smallest absolute Gasteiger partial charge is 0.325 e. The van der Waals surface area contributed by atoms with Crippen molar-refractivity contribution in [2.75, 3.05) is 11.1 Å². The molecule has 1 unspecified atom stereocenters. The molecular formula is C22H18F2N8O3. The van der Waals surface area contributed by atoms with E-state index in [1.54, 1.807) is 30.3 Å². The van der Waals surface area contributed by atoms with Crippen LogP contribution in [0, 0.1) is 11.6 Å². The lowest BCUT2D eigenvalue weighted by Crippen LogP contribution is -2.40. The van der Waals surface area contributed by atoms with Gasteiger partial charge in [-0.05, 0) is 53.2 Å². The summed E-state index contributed by atoms with van der Waals surface area (Å²) in [5, 5.41) is 25.0. The fourth-order valence-corrected chi connectivity index (χ4v) is 3.19. The van der Waals surface area contributed by atoms with Crippen LogP contribution in [0.2, 0.25) is 0 Å². The highest BCUT2D eigenvalue weighted by Crippen LogP contribution is 2.31. The van der Waals surface area contributed by atoms with E-state index in [9.17, 15) is 18.4 Å². The third-order valence-corrected chi connectivity index (χ3v) is 4.96. The van der Waals surface area contributed by atoms with Gasteiger partial charge in [0.05, 0.1) is 5.56 Å². The van der Waals surface area contributed by atoms with Crippen LogP contribution in [-0.4, -0.2) is 48.3 Å². The van der Waals surface area contributed by atoms with Crippen LogP contribution in [-0.2, 0) is 4.79 Å². The molecule has 178 valence electrons. The monoisotopic (exact) mass is 480 g/mol. The number of carbonyl (C=O) groups excluding carboxylic acids is 1. The van der Waals surface area contributed by atoms with Gasteiger partial charge in [-0.15, -0.1) is 5.10 Å². The summed E-state index contributed by atoms with van der Waals surface area (Å²) < 4.78 is 29.1. The minimum atomic E-state index is -1.17. The number of aromatic nitrogens is 5. The Kier molecular flexibility index (Phi) is 6.31. The zero-order valence-electron chi connectivity index (χ0n) is 18.1. The number of pyridine rings is 1. The number of amides is 2. The summed E-state index contributed by atoms with van der Waals surface area (Å²) in [5.74, 6) is -3.27. The van der Waals surface area contributed by atoms with E-state index < -0.39 is 29.7 Å². The minimum absolute atomic E-state index is 0.0395. The number of benzene rings is 2. The maximum absolute atomic E-state index is 14.4. The average Bonchev–Trinajstić information content (AvgIpc) is 3.30. The molecule has 0 aliphatic carbocycles. The third-order valence-electron chi connectivity index (χ3n) is 4.96. The number of hydrogen-bond acceptors (Lipinski definition) is 7. The van der Waals surface area contributed by atoms with Crippen molar-refractivity contribution in [3.63, 3.8) is 0 Å². The molecule has 0 saturated carbocycles. The number of nitrogen functional groups attached to an aromatic ring is 1. The molecule has 35 heavy (non-hydrogen) atoms. The van der Waals surface area contributed by atoms with Crippen molar-refractivity contribution in [3.8, 4) is 28.2 Å². The van der Waals surface area contributed by atoms with Gasteiger partial charge in [0, 0.05) is 17.4 Å². The van der Waals surface area contributed by atoms with E-state index in [0.29, 0.717) is 16.8 Å². The van der Waals surface area contributed by atoms with E-state index >= 15 is 0 Å². The molecule has 4 rings (SSSR count). The summed E-state index contributed by atoms with van der Waals surface area (Å²) in [6, 6.07) is 10.1. The minimum Gasteiger partial charge on any atom is -0.480 e. The maximum Gasteiger partial charge on any atom is 0.325 e. The summed E-state index contributed by atoms with van der Waals surface area (Å²) in [5.41, 5.74) is 7.68. The molecule has 4 aromatic rings. The highest BCUT2D eigenvalue weighted by atomic mass is 19.2. The maximum atomic E-state index is 14.4. The molecule has 1 atom stereocenters. The van der Waals surface area contributed by atoms with Crippen LogP contribution in [0.5, 0.6) is 0 Å². The fourth-order valence-electron chi connectivity index (χ4n) is 3.19. The molecule has 13 heteroatoms. The number of urea groups is 1. The number of rotatable bonds is 6. The molecule has 0 aliphatic rings. The summed E-state index contributed by atoms with van der Waals surface area (Å²) in [6.07, 6.45) is 1.49. The van der Waals surface area contributed by atoms with Crippen LogP contribution >= 0.6 is 0 Å². The van der Waals surface area contributed by atoms with Gasteiger partial charge in [-0.25, -0.2) is 18.6 Å². The Morgan fingerprint density at radius 3 is 2.66 bits per heavy atom. The Hall–Kier alpha value is -4.94. The highest BCUT2D eigenvalue weighted by molar-refractivity contribution is 5.92. The van der Waals surface area contributed by atoms with Crippen molar-refractivity contribution in [1.82, 2.24) is 30.5 Å². The molecule has 2 aromatic carbocycles.